The lowest BCUT2D eigenvalue weighted by molar-refractivity contribution is -0.383. The number of carbonyl (C=O) groups excluding carboxylic acids is 2. The zero-order chi connectivity index (χ0) is 14.9. The van der Waals surface area contributed by atoms with Gasteiger partial charge in [0.25, 0.3) is 5.69 Å². The number of hydrogen-bond donors (Lipinski definition) is 1. The summed E-state index contributed by atoms with van der Waals surface area (Å²) in [5.74, 6) is -0.798. The molecular formula is C12H12ClN3O4. The zero-order valence-corrected chi connectivity index (χ0v) is 11.4. The lowest BCUT2D eigenvalue weighted by Crippen LogP contribution is -2.53. The average Bonchev–Trinajstić information content (AvgIpc) is 2.25. The Kier molecular flexibility index (Phi) is 3.89. The van der Waals surface area contributed by atoms with Gasteiger partial charge in [-0.15, -0.1) is 0 Å². The summed E-state index contributed by atoms with van der Waals surface area (Å²) in [5.41, 5.74) is -0.153. The molecule has 1 aliphatic heterocycles. The third kappa shape index (κ3) is 2.88. The van der Waals surface area contributed by atoms with Gasteiger partial charge in [0.15, 0.2) is 0 Å². The number of nitro benzene ring substituents is 1. The number of hydrogen-bond acceptors (Lipinski definition) is 4. The molecule has 0 unspecified atom stereocenters. The van der Waals surface area contributed by atoms with E-state index >= 15 is 0 Å². The molecule has 1 saturated heterocycles. The van der Waals surface area contributed by atoms with Crippen molar-refractivity contribution in [1.82, 2.24) is 4.90 Å². The minimum Gasteiger partial charge on any atom is -0.341 e. The van der Waals surface area contributed by atoms with Crippen molar-refractivity contribution in [3.05, 3.63) is 33.3 Å². The molecule has 1 aromatic carbocycles. The molecule has 20 heavy (non-hydrogen) atoms. The smallest absolute Gasteiger partial charge is 0.292 e. The normalized spacial score (nSPS) is 14.6. The predicted octanol–water partition coefficient (Wildman–Crippen LogP) is 1.66. The number of amides is 2. The first-order valence-corrected chi connectivity index (χ1v) is 6.26. The number of likely N-dealkylation sites (tertiary alicyclic amines) is 1. The number of nitrogens with zero attached hydrogens (tertiary/aromatic N) is 2. The highest BCUT2D eigenvalue weighted by molar-refractivity contribution is 6.31. The van der Waals surface area contributed by atoms with E-state index < -0.39 is 4.92 Å². The Morgan fingerprint density at radius 3 is 2.65 bits per heavy atom. The van der Waals surface area contributed by atoms with E-state index in [1.807, 2.05) is 0 Å². The second-order valence-corrected chi connectivity index (χ2v) is 4.97. The Morgan fingerprint density at radius 2 is 2.10 bits per heavy atom. The quantitative estimate of drug-likeness (QED) is 0.678. The lowest BCUT2D eigenvalue weighted by Gasteiger charge is -2.37. The van der Waals surface area contributed by atoms with Crippen molar-refractivity contribution >= 4 is 34.8 Å². The molecule has 1 aliphatic rings. The number of anilines is 1. The molecule has 0 spiro atoms. The standard InChI is InChI=1S/C12H12ClN3O4/c1-7(17)15-5-8(6-15)12(18)14-10-4-9(13)2-3-11(10)16(19)20/h2-4,8H,5-6H2,1H3,(H,14,18). The zero-order valence-electron chi connectivity index (χ0n) is 10.6. The molecule has 106 valence electrons. The summed E-state index contributed by atoms with van der Waals surface area (Å²) < 4.78 is 0. The van der Waals surface area contributed by atoms with E-state index in [0.717, 1.165) is 0 Å². The molecule has 1 N–H and O–H groups in total. The summed E-state index contributed by atoms with van der Waals surface area (Å²) in [4.78, 5) is 34.8. The highest BCUT2D eigenvalue weighted by Gasteiger charge is 2.34. The highest BCUT2D eigenvalue weighted by Crippen LogP contribution is 2.28. The molecule has 7 nitrogen and oxygen atoms in total. The van der Waals surface area contributed by atoms with Crippen LogP contribution < -0.4 is 5.32 Å². The summed E-state index contributed by atoms with van der Waals surface area (Å²) >= 11 is 5.77. The van der Waals surface area contributed by atoms with Crippen molar-refractivity contribution in [1.29, 1.82) is 0 Å². The van der Waals surface area contributed by atoms with Gasteiger partial charge in [-0.3, -0.25) is 19.7 Å². The molecular weight excluding hydrogens is 286 g/mol. The maximum atomic E-state index is 11.9. The van der Waals surface area contributed by atoms with E-state index in [9.17, 15) is 19.7 Å². The van der Waals surface area contributed by atoms with Gasteiger partial charge in [0.05, 0.1) is 10.8 Å². The molecule has 0 saturated carbocycles. The monoisotopic (exact) mass is 297 g/mol. The molecule has 8 heteroatoms. The summed E-state index contributed by atoms with van der Waals surface area (Å²) in [6.45, 7) is 2.08. The first-order valence-electron chi connectivity index (χ1n) is 5.89. The van der Waals surface area contributed by atoms with Crippen LogP contribution in [-0.4, -0.2) is 34.7 Å². The van der Waals surface area contributed by atoms with Crippen LogP contribution in [-0.2, 0) is 9.59 Å². The Balaban J connectivity index is 2.07. The van der Waals surface area contributed by atoms with Crippen molar-refractivity contribution in [3.8, 4) is 0 Å². The topological polar surface area (TPSA) is 92.6 Å². The van der Waals surface area contributed by atoms with Crippen LogP contribution in [0, 0.1) is 16.0 Å². The molecule has 0 bridgehead atoms. The van der Waals surface area contributed by atoms with Gasteiger partial charge in [0.1, 0.15) is 5.69 Å². The maximum absolute atomic E-state index is 11.9. The van der Waals surface area contributed by atoms with Gasteiger partial charge in [-0.25, -0.2) is 0 Å². The fourth-order valence-corrected chi connectivity index (χ4v) is 2.08. The Morgan fingerprint density at radius 1 is 1.45 bits per heavy atom. The molecule has 0 aromatic heterocycles. The average molecular weight is 298 g/mol. The minimum absolute atomic E-state index is 0.0637. The highest BCUT2D eigenvalue weighted by atomic mass is 35.5. The van der Waals surface area contributed by atoms with Crippen molar-refractivity contribution in [2.45, 2.75) is 6.92 Å². The van der Waals surface area contributed by atoms with Crippen LogP contribution in [0.2, 0.25) is 5.02 Å². The van der Waals surface area contributed by atoms with E-state index in [4.69, 9.17) is 11.6 Å². The minimum atomic E-state index is -0.589. The summed E-state index contributed by atoms with van der Waals surface area (Å²) in [7, 11) is 0. The Bertz CT molecular complexity index is 584. The molecule has 1 heterocycles. The number of rotatable bonds is 3. The third-order valence-corrected chi connectivity index (χ3v) is 3.35. The molecule has 1 aromatic rings. The van der Waals surface area contributed by atoms with E-state index in [1.54, 1.807) is 0 Å². The lowest BCUT2D eigenvalue weighted by atomic mass is 9.99. The van der Waals surface area contributed by atoms with E-state index in [1.165, 1.54) is 30.0 Å². The summed E-state index contributed by atoms with van der Waals surface area (Å²) in [6.07, 6.45) is 0. The number of nitrogens with one attached hydrogen (secondary N) is 1. The first kappa shape index (κ1) is 14.3. The van der Waals surface area contributed by atoms with Gasteiger partial charge < -0.3 is 10.2 Å². The number of halogens is 1. The van der Waals surface area contributed by atoms with Gasteiger partial charge in [0, 0.05) is 31.1 Å². The van der Waals surface area contributed by atoms with Crippen molar-refractivity contribution in [2.24, 2.45) is 5.92 Å². The predicted molar refractivity (Wildman–Crippen MR) is 72.5 cm³/mol. The van der Waals surface area contributed by atoms with Crippen molar-refractivity contribution in [2.75, 3.05) is 18.4 Å². The van der Waals surface area contributed by atoms with Crippen LogP contribution in [0.25, 0.3) is 0 Å². The van der Waals surface area contributed by atoms with Crippen LogP contribution in [0.3, 0.4) is 0 Å². The van der Waals surface area contributed by atoms with E-state index in [-0.39, 0.29) is 29.1 Å². The van der Waals surface area contributed by atoms with Crippen molar-refractivity contribution in [3.63, 3.8) is 0 Å². The fraction of sp³-hybridized carbons (Fsp3) is 0.333. The molecule has 0 atom stereocenters. The molecule has 0 aliphatic carbocycles. The number of carbonyl (C=O) groups is 2. The number of nitro groups is 1. The van der Waals surface area contributed by atoms with Gasteiger partial charge in [0.2, 0.25) is 11.8 Å². The second kappa shape index (κ2) is 5.46. The Hall–Kier alpha value is -2.15. The second-order valence-electron chi connectivity index (χ2n) is 4.53. The van der Waals surface area contributed by atoms with Crippen LogP contribution in [0.1, 0.15) is 6.92 Å². The fourth-order valence-electron chi connectivity index (χ4n) is 1.90. The largest absolute Gasteiger partial charge is 0.341 e. The Labute approximate surface area is 119 Å². The summed E-state index contributed by atoms with van der Waals surface area (Å²) in [6, 6.07) is 3.95. The molecule has 2 rings (SSSR count). The van der Waals surface area contributed by atoms with E-state index in [0.29, 0.717) is 18.1 Å². The van der Waals surface area contributed by atoms with Crippen LogP contribution in [0.15, 0.2) is 18.2 Å². The third-order valence-electron chi connectivity index (χ3n) is 3.11. The molecule has 0 radical (unpaired) electrons. The van der Waals surface area contributed by atoms with Gasteiger partial charge in [-0.2, -0.15) is 0 Å². The van der Waals surface area contributed by atoms with Crippen LogP contribution in [0.4, 0.5) is 11.4 Å². The van der Waals surface area contributed by atoms with Crippen LogP contribution >= 0.6 is 11.6 Å². The first-order chi connectivity index (χ1) is 9.38. The van der Waals surface area contributed by atoms with Gasteiger partial charge in [-0.1, -0.05) is 11.6 Å². The van der Waals surface area contributed by atoms with Gasteiger partial charge in [-0.05, 0) is 12.1 Å². The van der Waals surface area contributed by atoms with Gasteiger partial charge >= 0.3 is 0 Å². The number of benzene rings is 1. The maximum Gasteiger partial charge on any atom is 0.292 e. The SMILES string of the molecule is CC(=O)N1CC(C(=O)Nc2cc(Cl)ccc2[N+](=O)[O-])C1. The van der Waals surface area contributed by atoms with Crippen LogP contribution in [0.5, 0.6) is 0 Å². The molecule has 1 fully saturated rings. The molecule has 2 amide bonds. The summed E-state index contributed by atoms with van der Waals surface area (Å²) in [5, 5.41) is 13.7. The van der Waals surface area contributed by atoms with Crippen molar-refractivity contribution < 1.29 is 14.5 Å². The van der Waals surface area contributed by atoms with E-state index in [2.05, 4.69) is 5.32 Å².